The molecule has 1 atom stereocenters. The summed E-state index contributed by atoms with van der Waals surface area (Å²) in [6.45, 7) is 11.0. The van der Waals surface area contributed by atoms with E-state index >= 15 is 0 Å². The van der Waals surface area contributed by atoms with Gasteiger partial charge in [0.2, 0.25) is 0 Å². The molecule has 17 heavy (non-hydrogen) atoms. The first-order chi connectivity index (χ1) is 8.13. The predicted molar refractivity (Wildman–Crippen MR) is 72.9 cm³/mol. The van der Waals surface area contributed by atoms with E-state index in [0.717, 1.165) is 25.4 Å². The van der Waals surface area contributed by atoms with Crippen molar-refractivity contribution < 1.29 is 0 Å². The highest BCUT2D eigenvalue weighted by molar-refractivity contribution is 5.00. The second kappa shape index (κ2) is 7.49. The van der Waals surface area contributed by atoms with E-state index in [9.17, 15) is 0 Å². The Kier molecular flexibility index (Phi) is 6.27. The molecular formula is C14H27N3. The van der Waals surface area contributed by atoms with Crippen molar-refractivity contribution >= 4 is 0 Å². The van der Waals surface area contributed by atoms with E-state index in [0.29, 0.717) is 6.04 Å². The zero-order valence-electron chi connectivity index (χ0n) is 11.7. The number of nitrogens with zero attached hydrogens (tertiary/aromatic N) is 2. The van der Waals surface area contributed by atoms with Gasteiger partial charge < -0.3 is 5.32 Å². The molecule has 3 nitrogen and oxygen atoms in total. The lowest BCUT2D eigenvalue weighted by molar-refractivity contribution is 0.440. The Bertz CT molecular complexity index is 304. The molecule has 0 amide bonds. The van der Waals surface area contributed by atoms with Crippen LogP contribution in [0, 0.1) is 5.92 Å². The van der Waals surface area contributed by atoms with E-state index < -0.39 is 0 Å². The van der Waals surface area contributed by atoms with Crippen LogP contribution < -0.4 is 5.32 Å². The summed E-state index contributed by atoms with van der Waals surface area (Å²) in [6.07, 6.45) is 5.57. The van der Waals surface area contributed by atoms with Gasteiger partial charge in [0.15, 0.2) is 0 Å². The van der Waals surface area contributed by atoms with Gasteiger partial charge in [-0.05, 0) is 38.2 Å². The summed E-state index contributed by atoms with van der Waals surface area (Å²) in [5.41, 5.74) is 1.29. The van der Waals surface area contributed by atoms with Gasteiger partial charge in [-0.2, -0.15) is 5.10 Å². The molecule has 0 aliphatic carbocycles. The predicted octanol–water partition coefficient (Wildman–Crippen LogP) is 3.21. The number of hydrogen-bond acceptors (Lipinski definition) is 2. The molecule has 0 aromatic carbocycles. The molecule has 0 spiro atoms. The molecule has 1 aromatic heterocycles. The molecule has 0 aliphatic rings. The Labute approximate surface area is 106 Å². The van der Waals surface area contributed by atoms with Gasteiger partial charge in [-0.3, -0.25) is 4.68 Å². The average molecular weight is 237 g/mol. The maximum absolute atomic E-state index is 4.33. The zero-order valence-corrected chi connectivity index (χ0v) is 11.7. The molecule has 1 aromatic rings. The second-order valence-electron chi connectivity index (χ2n) is 5.30. The molecule has 98 valence electrons. The summed E-state index contributed by atoms with van der Waals surface area (Å²) in [5.74, 6) is 0.796. The normalized spacial score (nSPS) is 13.2. The highest BCUT2D eigenvalue weighted by Crippen LogP contribution is 2.07. The van der Waals surface area contributed by atoms with E-state index in [1.165, 1.54) is 18.5 Å². The maximum atomic E-state index is 4.33. The molecule has 0 fully saturated rings. The minimum absolute atomic E-state index is 0.586. The average Bonchev–Trinajstić information content (AvgIpc) is 2.71. The number of nitrogens with one attached hydrogen (secondary N) is 1. The van der Waals surface area contributed by atoms with Crippen molar-refractivity contribution in [3.63, 3.8) is 0 Å². The van der Waals surface area contributed by atoms with Crippen LogP contribution in [-0.2, 0) is 13.1 Å². The van der Waals surface area contributed by atoms with Crippen molar-refractivity contribution in [2.24, 2.45) is 5.92 Å². The van der Waals surface area contributed by atoms with Crippen LogP contribution in [0.3, 0.4) is 0 Å². The molecule has 0 aliphatic heterocycles. The summed E-state index contributed by atoms with van der Waals surface area (Å²) in [6, 6.07) is 2.69. The fourth-order valence-corrected chi connectivity index (χ4v) is 1.89. The largest absolute Gasteiger partial charge is 0.309 e. The lowest BCUT2D eigenvalue weighted by atomic mass is 10.0. The van der Waals surface area contributed by atoms with Gasteiger partial charge in [0, 0.05) is 25.3 Å². The summed E-state index contributed by atoms with van der Waals surface area (Å²) < 4.78 is 2.10. The van der Waals surface area contributed by atoms with Crippen molar-refractivity contribution in [1.29, 1.82) is 0 Å². The van der Waals surface area contributed by atoms with Crippen LogP contribution in [0.4, 0.5) is 0 Å². The van der Waals surface area contributed by atoms with Gasteiger partial charge in [-0.25, -0.2) is 0 Å². The van der Waals surface area contributed by atoms with Crippen molar-refractivity contribution in [1.82, 2.24) is 15.1 Å². The van der Waals surface area contributed by atoms with Crippen molar-refractivity contribution in [3.8, 4) is 0 Å². The standard InChI is InChI=1S/C14H27N3/c1-5-10-17-14(8-9-16-17)11-15-13(4)7-6-12(2)3/h8-9,12-13,15H,5-7,10-11H2,1-4H3. The highest BCUT2D eigenvalue weighted by atomic mass is 15.3. The van der Waals surface area contributed by atoms with Crippen LogP contribution in [0.15, 0.2) is 12.3 Å². The Morgan fingerprint density at radius 1 is 1.29 bits per heavy atom. The van der Waals surface area contributed by atoms with Gasteiger partial charge in [0.05, 0.1) is 5.69 Å². The van der Waals surface area contributed by atoms with Gasteiger partial charge in [0.1, 0.15) is 0 Å². The molecule has 3 heteroatoms. The third kappa shape index (κ3) is 5.35. The van der Waals surface area contributed by atoms with Gasteiger partial charge in [-0.15, -0.1) is 0 Å². The quantitative estimate of drug-likeness (QED) is 0.752. The Morgan fingerprint density at radius 2 is 2.06 bits per heavy atom. The number of aromatic nitrogens is 2. The van der Waals surface area contributed by atoms with Crippen LogP contribution in [0.1, 0.15) is 52.7 Å². The number of aryl methyl sites for hydroxylation is 1. The van der Waals surface area contributed by atoms with Crippen LogP contribution >= 0.6 is 0 Å². The number of rotatable bonds is 8. The Morgan fingerprint density at radius 3 is 2.71 bits per heavy atom. The van der Waals surface area contributed by atoms with E-state index in [4.69, 9.17) is 0 Å². The summed E-state index contributed by atoms with van der Waals surface area (Å²) >= 11 is 0. The molecule has 0 saturated carbocycles. The molecule has 1 heterocycles. The molecule has 1 rings (SSSR count). The summed E-state index contributed by atoms with van der Waals surface area (Å²) in [7, 11) is 0. The van der Waals surface area contributed by atoms with Gasteiger partial charge in [0.25, 0.3) is 0 Å². The Hall–Kier alpha value is -0.830. The fourth-order valence-electron chi connectivity index (χ4n) is 1.89. The van der Waals surface area contributed by atoms with Crippen LogP contribution in [0.5, 0.6) is 0 Å². The first-order valence-corrected chi connectivity index (χ1v) is 6.87. The monoisotopic (exact) mass is 237 g/mol. The second-order valence-corrected chi connectivity index (χ2v) is 5.30. The highest BCUT2D eigenvalue weighted by Gasteiger charge is 2.05. The molecule has 0 saturated heterocycles. The third-order valence-electron chi connectivity index (χ3n) is 3.05. The maximum Gasteiger partial charge on any atom is 0.0522 e. The zero-order chi connectivity index (χ0) is 12.7. The van der Waals surface area contributed by atoms with E-state index in [1.807, 2.05) is 6.20 Å². The summed E-state index contributed by atoms with van der Waals surface area (Å²) in [4.78, 5) is 0. The SMILES string of the molecule is CCCn1nccc1CNC(C)CCC(C)C. The van der Waals surface area contributed by atoms with E-state index in [-0.39, 0.29) is 0 Å². The lowest BCUT2D eigenvalue weighted by Crippen LogP contribution is -2.27. The lowest BCUT2D eigenvalue weighted by Gasteiger charge is -2.15. The first kappa shape index (κ1) is 14.2. The van der Waals surface area contributed by atoms with Gasteiger partial charge >= 0.3 is 0 Å². The Balaban J connectivity index is 2.31. The van der Waals surface area contributed by atoms with Crippen LogP contribution in [-0.4, -0.2) is 15.8 Å². The molecule has 0 radical (unpaired) electrons. The minimum Gasteiger partial charge on any atom is -0.309 e. The summed E-state index contributed by atoms with van der Waals surface area (Å²) in [5, 5.41) is 7.91. The van der Waals surface area contributed by atoms with Crippen LogP contribution in [0.2, 0.25) is 0 Å². The third-order valence-corrected chi connectivity index (χ3v) is 3.05. The number of hydrogen-bond donors (Lipinski definition) is 1. The molecule has 0 bridgehead atoms. The smallest absolute Gasteiger partial charge is 0.0522 e. The van der Waals surface area contributed by atoms with Crippen molar-refractivity contribution in [2.75, 3.05) is 0 Å². The van der Waals surface area contributed by atoms with Crippen molar-refractivity contribution in [2.45, 2.75) is 66.1 Å². The van der Waals surface area contributed by atoms with E-state index in [2.05, 4.69) is 48.9 Å². The van der Waals surface area contributed by atoms with Crippen LogP contribution in [0.25, 0.3) is 0 Å². The topological polar surface area (TPSA) is 29.9 Å². The van der Waals surface area contributed by atoms with Gasteiger partial charge in [-0.1, -0.05) is 20.8 Å². The minimum atomic E-state index is 0.586. The molecule has 1 N–H and O–H groups in total. The van der Waals surface area contributed by atoms with Crippen molar-refractivity contribution in [3.05, 3.63) is 18.0 Å². The van der Waals surface area contributed by atoms with E-state index in [1.54, 1.807) is 0 Å². The fraction of sp³-hybridized carbons (Fsp3) is 0.786. The first-order valence-electron chi connectivity index (χ1n) is 6.87. The molecule has 1 unspecified atom stereocenters. The molecular weight excluding hydrogens is 210 g/mol.